The van der Waals surface area contributed by atoms with Crippen LogP contribution in [0.2, 0.25) is 0 Å². The standard InChI is InChI=1S/C13H17FN4O2S/c1-17(12-5-3-11(14)4-6-12)21(19,20)13-9-16-18(10-13)8-2-7-15/h3-6,9-10H,2,7-8,15H2,1H3. The van der Waals surface area contributed by atoms with Crippen LogP contribution in [0, 0.1) is 5.82 Å². The average Bonchev–Trinajstić information content (AvgIpc) is 2.94. The van der Waals surface area contributed by atoms with E-state index in [2.05, 4.69) is 5.10 Å². The van der Waals surface area contributed by atoms with Crippen molar-refractivity contribution >= 4 is 15.7 Å². The van der Waals surface area contributed by atoms with E-state index in [0.29, 0.717) is 18.8 Å². The minimum atomic E-state index is -3.71. The number of benzene rings is 1. The lowest BCUT2D eigenvalue weighted by atomic mass is 10.3. The van der Waals surface area contributed by atoms with Gasteiger partial charge in [-0.25, -0.2) is 12.8 Å². The van der Waals surface area contributed by atoms with E-state index in [-0.39, 0.29) is 4.90 Å². The highest BCUT2D eigenvalue weighted by Gasteiger charge is 2.23. The van der Waals surface area contributed by atoms with Gasteiger partial charge in [0.15, 0.2) is 0 Å². The molecular formula is C13H17FN4O2S. The normalized spacial score (nSPS) is 11.6. The van der Waals surface area contributed by atoms with Crippen molar-refractivity contribution in [2.75, 3.05) is 17.9 Å². The zero-order valence-electron chi connectivity index (χ0n) is 11.6. The second kappa shape index (κ2) is 6.23. The molecule has 0 bridgehead atoms. The maximum atomic E-state index is 12.9. The number of hydrogen-bond acceptors (Lipinski definition) is 4. The van der Waals surface area contributed by atoms with Crippen LogP contribution in [0.15, 0.2) is 41.6 Å². The summed E-state index contributed by atoms with van der Waals surface area (Å²) in [6.45, 7) is 1.07. The van der Waals surface area contributed by atoms with Gasteiger partial charge in [-0.3, -0.25) is 8.99 Å². The molecule has 0 fully saturated rings. The third-order valence-electron chi connectivity index (χ3n) is 3.05. The predicted octanol–water partition coefficient (Wildman–Crippen LogP) is 1.20. The van der Waals surface area contributed by atoms with E-state index in [1.54, 1.807) is 0 Å². The minimum Gasteiger partial charge on any atom is -0.330 e. The van der Waals surface area contributed by atoms with E-state index < -0.39 is 15.8 Å². The summed E-state index contributed by atoms with van der Waals surface area (Å²) >= 11 is 0. The van der Waals surface area contributed by atoms with Crippen LogP contribution in [0.4, 0.5) is 10.1 Å². The number of anilines is 1. The lowest BCUT2D eigenvalue weighted by Gasteiger charge is -2.18. The largest absolute Gasteiger partial charge is 0.330 e. The number of sulfonamides is 1. The van der Waals surface area contributed by atoms with Crippen LogP contribution in [0.25, 0.3) is 0 Å². The summed E-state index contributed by atoms with van der Waals surface area (Å²) in [6.07, 6.45) is 3.48. The van der Waals surface area contributed by atoms with Crippen molar-refractivity contribution in [3.05, 3.63) is 42.5 Å². The highest BCUT2D eigenvalue weighted by Crippen LogP contribution is 2.21. The maximum Gasteiger partial charge on any atom is 0.267 e. The van der Waals surface area contributed by atoms with Crippen molar-refractivity contribution in [2.24, 2.45) is 5.73 Å². The van der Waals surface area contributed by atoms with Crippen molar-refractivity contribution in [1.82, 2.24) is 9.78 Å². The number of nitrogens with zero attached hydrogens (tertiary/aromatic N) is 3. The highest BCUT2D eigenvalue weighted by atomic mass is 32.2. The van der Waals surface area contributed by atoms with E-state index in [9.17, 15) is 12.8 Å². The first-order valence-corrected chi connectivity index (χ1v) is 7.86. The quantitative estimate of drug-likeness (QED) is 0.869. The lowest BCUT2D eigenvalue weighted by molar-refractivity contribution is 0.581. The zero-order valence-corrected chi connectivity index (χ0v) is 12.4. The van der Waals surface area contributed by atoms with Crippen LogP contribution < -0.4 is 10.0 Å². The third-order valence-corrected chi connectivity index (χ3v) is 4.79. The summed E-state index contributed by atoms with van der Waals surface area (Å²) in [6, 6.07) is 5.25. The predicted molar refractivity (Wildman–Crippen MR) is 77.9 cm³/mol. The second-order valence-electron chi connectivity index (χ2n) is 4.53. The van der Waals surface area contributed by atoms with Crippen molar-refractivity contribution in [1.29, 1.82) is 0 Å². The molecular weight excluding hydrogens is 295 g/mol. The van der Waals surface area contributed by atoms with Gasteiger partial charge in [0.25, 0.3) is 10.0 Å². The Hall–Kier alpha value is -1.93. The van der Waals surface area contributed by atoms with E-state index >= 15 is 0 Å². The molecule has 1 aromatic carbocycles. The van der Waals surface area contributed by atoms with Crippen LogP contribution >= 0.6 is 0 Å². The maximum absolute atomic E-state index is 12.9. The Bertz CT molecular complexity index is 697. The number of aryl methyl sites for hydroxylation is 1. The molecule has 8 heteroatoms. The third kappa shape index (κ3) is 3.40. The number of hydrogen-bond donors (Lipinski definition) is 1. The van der Waals surface area contributed by atoms with Crippen LogP contribution in [-0.4, -0.2) is 31.8 Å². The first-order chi connectivity index (χ1) is 9.95. The summed E-state index contributed by atoms with van der Waals surface area (Å²) in [7, 11) is -2.30. The molecule has 0 aliphatic carbocycles. The van der Waals surface area contributed by atoms with E-state index in [0.717, 1.165) is 10.7 Å². The van der Waals surface area contributed by atoms with Gasteiger partial charge < -0.3 is 5.73 Å². The molecule has 0 unspecified atom stereocenters. The van der Waals surface area contributed by atoms with Crippen LogP contribution in [0.1, 0.15) is 6.42 Å². The summed E-state index contributed by atoms with van der Waals surface area (Å²) in [4.78, 5) is 0.0892. The zero-order chi connectivity index (χ0) is 15.5. The number of aromatic nitrogens is 2. The molecule has 0 radical (unpaired) electrons. The highest BCUT2D eigenvalue weighted by molar-refractivity contribution is 7.92. The van der Waals surface area contributed by atoms with Gasteiger partial charge in [0.1, 0.15) is 10.7 Å². The van der Waals surface area contributed by atoms with Gasteiger partial charge in [0, 0.05) is 19.8 Å². The molecule has 0 saturated heterocycles. The molecule has 0 spiro atoms. The van der Waals surface area contributed by atoms with Crippen molar-refractivity contribution in [3.8, 4) is 0 Å². The van der Waals surface area contributed by atoms with Crippen molar-refractivity contribution < 1.29 is 12.8 Å². The van der Waals surface area contributed by atoms with E-state index in [1.807, 2.05) is 0 Å². The van der Waals surface area contributed by atoms with Gasteiger partial charge in [-0.1, -0.05) is 0 Å². The fourth-order valence-corrected chi connectivity index (χ4v) is 2.95. The second-order valence-corrected chi connectivity index (χ2v) is 6.50. The number of nitrogens with two attached hydrogens (primary N) is 1. The molecule has 0 atom stereocenters. The Balaban J connectivity index is 2.24. The van der Waals surface area contributed by atoms with Crippen molar-refractivity contribution in [3.63, 3.8) is 0 Å². The van der Waals surface area contributed by atoms with Gasteiger partial charge in [0.2, 0.25) is 0 Å². The molecule has 2 rings (SSSR count). The van der Waals surface area contributed by atoms with Gasteiger partial charge >= 0.3 is 0 Å². The summed E-state index contributed by atoms with van der Waals surface area (Å²) in [5.74, 6) is -0.417. The molecule has 0 aliphatic rings. The Labute approximate surface area is 123 Å². The smallest absolute Gasteiger partial charge is 0.267 e. The fourth-order valence-electron chi connectivity index (χ4n) is 1.80. The molecule has 0 aliphatic heterocycles. The van der Waals surface area contributed by atoms with Gasteiger partial charge in [-0.2, -0.15) is 5.10 Å². The van der Waals surface area contributed by atoms with E-state index in [4.69, 9.17) is 5.73 Å². The van der Waals surface area contributed by atoms with Crippen LogP contribution in [0.3, 0.4) is 0 Å². The van der Waals surface area contributed by atoms with Gasteiger partial charge in [-0.05, 0) is 37.2 Å². The molecule has 2 aromatic rings. The molecule has 21 heavy (non-hydrogen) atoms. The molecule has 1 heterocycles. The number of rotatable bonds is 6. The van der Waals surface area contributed by atoms with Crippen LogP contribution in [0.5, 0.6) is 0 Å². The molecule has 6 nitrogen and oxygen atoms in total. The monoisotopic (exact) mass is 312 g/mol. The first kappa shape index (κ1) is 15.5. The topological polar surface area (TPSA) is 81.2 Å². The Morgan fingerprint density at radius 1 is 1.33 bits per heavy atom. The van der Waals surface area contributed by atoms with Crippen LogP contribution in [-0.2, 0) is 16.6 Å². The molecule has 1 aromatic heterocycles. The van der Waals surface area contributed by atoms with Gasteiger partial charge in [0.05, 0.1) is 11.9 Å². The Morgan fingerprint density at radius 3 is 2.62 bits per heavy atom. The van der Waals surface area contributed by atoms with Gasteiger partial charge in [-0.15, -0.1) is 0 Å². The molecule has 0 saturated carbocycles. The Kier molecular flexibility index (Phi) is 4.59. The lowest BCUT2D eigenvalue weighted by Crippen LogP contribution is -2.26. The summed E-state index contributed by atoms with van der Waals surface area (Å²) in [5, 5.41) is 4.01. The Morgan fingerprint density at radius 2 is 2.00 bits per heavy atom. The average molecular weight is 312 g/mol. The van der Waals surface area contributed by atoms with Crippen molar-refractivity contribution in [2.45, 2.75) is 17.9 Å². The fraction of sp³-hybridized carbons (Fsp3) is 0.308. The number of halogens is 1. The molecule has 114 valence electrons. The molecule has 0 amide bonds. The minimum absolute atomic E-state index is 0.0892. The molecule has 2 N–H and O–H groups in total. The SMILES string of the molecule is CN(c1ccc(F)cc1)S(=O)(=O)c1cnn(CCCN)c1. The summed E-state index contributed by atoms with van der Waals surface area (Å²) < 4.78 is 40.5. The first-order valence-electron chi connectivity index (χ1n) is 6.42. The van der Waals surface area contributed by atoms with E-state index in [1.165, 1.54) is 48.4 Å². The summed E-state index contributed by atoms with van der Waals surface area (Å²) in [5.41, 5.74) is 5.79.